The van der Waals surface area contributed by atoms with E-state index >= 15 is 0 Å². The predicted octanol–water partition coefficient (Wildman–Crippen LogP) is 2.17. The van der Waals surface area contributed by atoms with Crippen LogP contribution in [0.5, 0.6) is 0 Å². The van der Waals surface area contributed by atoms with Gasteiger partial charge in [0, 0.05) is 17.7 Å². The SMILES string of the molecule is CCSC1CCC(NCCCCC(N)=NO)C1. The number of hydrogen-bond donors (Lipinski definition) is 3. The van der Waals surface area contributed by atoms with Crippen LogP contribution in [-0.4, -0.2) is 34.6 Å². The van der Waals surface area contributed by atoms with Gasteiger partial charge in [0.05, 0.1) is 0 Å². The highest BCUT2D eigenvalue weighted by Gasteiger charge is 2.23. The maximum Gasteiger partial charge on any atom is 0.139 e. The van der Waals surface area contributed by atoms with Gasteiger partial charge in [-0.15, -0.1) is 0 Å². The Morgan fingerprint density at radius 2 is 2.29 bits per heavy atom. The van der Waals surface area contributed by atoms with E-state index in [0.29, 0.717) is 18.3 Å². The third kappa shape index (κ3) is 6.17. The Labute approximate surface area is 108 Å². The van der Waals surface area contributed by atoms with Crippen molar-refractivity contribution in [3.05, 3.63) is 0 Å². The second-order valence-electron chi connectivity index (χ2n) is 4.59. The number of nitrogens with zero attached hydrogens (tertiary/aromatic N) is 1. The average Bonchev–Trinajstić information content (AvgIpc) is 2.76. The molecule has 0 aromatic rings. The molecular formula is C12H25N3OS. The van der Waals surface area contributed by atoms with Crippen LogP contribution in [0.1, 0.15) is 45.4 Å². The minimum atomic E-state index is 0.338. The van der Waals surface area contributed by atoms with Crippen LogP contribution in [0.25, 0.3) is 0 Å². The van der Waals surface area contributed by atoms with Crippen molar-refractivity contribution in [3.8, 4) is 0 Å². The number of nitrogens with two attached hydrogens (primary N) is 1. The number of thioether (sulfide) groups is 1. The lowest BCUT2D eigenvalue weighted by Gasteiger charge is -2.12. The smallest absolute Gasteiger partial charge is 0.139 e. The Balaban J connectivity index is 1.97. The molecule has 0 aromatic carbocycles. The highest BCUT2D eigenvalue weighted by molar-refractivity contribution is 7.99. The van der Waals surface area contributed by atoms with Gasteiger partial charge in [-0.25, -0.2) is 0 Å². The largest absolute Gasteiger partial charge is 0.409 e. The van der Waals surface area contributed by atoms with Gasteiger partial charge in [-0.1, -0.05) is 12.1 Å². The molecule has 2 atom stereocenters. The van der Waals surface area contributed by atoms with Gasteiger partial charge in [0.2, 0.25) is 0 Å². The molecule has 1 rings (SSSR count). The third-order valence-corrected chi connectivity index (χ3v) is 4.44. The normalized spacial score (nSPS) is 25.4. The highest BCUT2D eigenvalue weighted by Crippen LogP contribution is 2.29. The van der Waals surface area contributed by atoms with Gasteiger partial charge < -0.3 is 16.3 Å². The van der Waals surface area contributed by atoms with E-state index in [1.165, 1.54) is 25.0 Å². The van der Waals surface area contributed by atoms with Gasteiger partial charge in [-0.05, 0) is 44.4 Å². The van der Waals surface area contributed by atoms with E-state index in [1.54, 1.807) is 0 Å². The molecule has 1 aliphatic rings. The molecule has 1 fully saturated rings. The molecule has 0 amide bonds. The fourth-order valence-corrected chi connectivity index (χ4v) is 3.44. The van der Waals surface area contributed by atoms with E-state index in [2.05, 4.69) is 29.2 Å². The molecule has 0 aliphatic heterocycles. The Kier molecular flexibility index (Phi) is 7.44. The lowest BCUT2D eigenvalue weighted by molar-refractivity contribution is 0.316. The van der Waals surface area contributed by atoms with Crippen LogP contribution >= 0.6 is 11.8 Å². The summed E-state index contributed by atoms with van der Waals surface area (Å²) in [5, 5.41) is 15.8. The van der Waals surface area contributed by atoms with Gasteiger partial charge in [0.15, 0.2) is 0 Å². The highest BCUT2D eigenvalue weighted by atomic mass is 32.2. The topological polar surface area (TPSA) is 70.6 Å². The minimum absolute atomic E-state index is 0.338. The summed E-state index contributed by atoms with van der Waals surface area (Å²) in [5.41, 5.74) is 5.41. The van der Waals surface area contributed by atoms with Crippen molar-refractivity contribution in [2.24, 2.45) is 10.9 Å². The molecule has 4 nitrogen and oxygen atoms in total. The number of oxime groups is 1. The third-order valence-electron chi connectivity index (χ3n) is 3.21. The van der Waals surface area contributed by atoms with Crippen molar-refractivity contribution < 1.29 is 5.21 Å². The van der Waals surface area contributed by atoms with Crippen LogP contribution < -0.4 is 11.1 Å². The Morgan fingerprint density at radius 1 is 1.47 bits per heavy atom. The summed E-state index contributed by atoms with van der Waals surface area (Å²) in [5.74, 6) is 1.57. The lowest BCUT2D eigenvalue weighted by atomic mass is 10.2. The van der Waals surface area contributed by atoms with Crippen molar-refractivity contribution >= 4 is 17.6 Å². The van der Waals surface area contributed by atoms with E-state index in [-0.39, 0.29) is 0 Å². The van der Waals surface area contributed by atoms with Crippen molar-refractivity contribution in [2.75, 3.05) is 12.3 Å². The quantitative estimate of drug-likeness (QED) is 0.205. The average molecular weight is 259 g/mol. The van der Waals surface area contributed by atoms with Gasteiger partial charge in [0.1, 0.15) is 5.84 Å². The summed E-state index contributed by atoms with van der Waals surface area (Å²) in [6.07, 6.45) is 6.77. The molecule has 1 saturated carbocycles. The van der Waals surface area contributed by atoms with Crippen LogP contribution in [0.15, 0.2) is 5.16 Å². The van der Waals surface area contributed by atoms with E-state index in [0.717, 1.165) is 24.6 Å². The predicted molar refractivity (Wildman–Crippen MR) is 74.8 cm³/mol. The molecule has 100 valence electrons. The van der Waals surface area contributed by atoms with Crippen LogP contribution in [0, 0.1) is 0 Å². The second-order valence-corrected chi connectivity index (χ2v) is 6.17. The zero-order chi connectivity index (χ0) is 12.5. The zero-order valence-electron chi connectivity index (χ0n) is 10.7. The first kappa shape index (κ1) is 14.6. The van der Waals surface area contributed by atoms with Crippen LogP contribution in [-0.2, 0) is 0 Å². The molecule has 0 aromatic heterocycles. The molecule has 0 bridgehead atoms. The van der Waals surface area contributed by atoms with E-state index in [9.17, 15) is 0 Å². The molecule has 4 N–H and O–H groups in total. The van der Waals surface area contributed by atoms with Gasteiger partial charge >= 0.3 is 0 Å². The Bertz CT molecular complexity index is 236. The molecule has 1 aliphatic carbocycles. The van der Waals surface area contributed by atoms with E-state index in [1.807, 2.05) is 0 Å². The summed E-state index contributed by atoms with van der Waals surface area (Å²) in [7, 11) is 0. The second kappa shape index (κ2) is 8.64. The monoisotopic (exact) mass is 259 g/mol. The number of rotatable bonds is 8. The molecule has 0 saturated heterocycles. The van der Waals surface area contributed by atoms with Crippen LogP contribution in [0.4, 0.5) is 0 Å². The van der Waals surface area contributed by atoms with Crippen LogP contribution in [0.3, 0.4) is 0 Å². The number of hydrogen-bond acceptors (Lipinski definition) is 4. The van der Waals surface area contributed by atoms with Crippen LogP contribution in [0.2, 0.25) is 0 Å². The number of amidine groups is 1. The van der Waals surface area contributed by atoms with Crippen molar-refractivity contribution in [3.63, 3.8) is 0 Å². The van der Waals surface area contributed by atoms with Crippen molar-refractivity contribution in [1.29, 1.82) is 0 Å². The molecule has 17 heavy (non-hydrogen) atoms. The first-order valence-corrected chi connectivity index (χ1v) is 7.62. The molecule has 5 heteroatoms. The Hall–Kier alpha value is -0.420. The van der Waals surface area contributed by atoms with Crippen molar-refractivity contribution in [2.45, 2.75) is 56.7 Å². The van der Waals surface area contributed by atoms with Gasteiger partial charge in [-0.3, -0.25) is 0 Å². The fraction of sp³-hybridized carbons (Fsp3) is 0.917. The first-order chi connectivity index (χ1) is 8.26. The first-order valence-electron chi connectivity index (χ1n) is 6.57. The fourth-order valence-electron chi connectivity index (χ4n) is 2.30. The van der Waals surface area contributed by atoms with E-state index in [4.69, 9.17) is 10.9 Å². The van der Waals surface area contributed by atoms with E-state index < -0.39 is 0 Å². The molecular weight excluding hydrogens is 234 g/mol. The lowest BCUT2D eigenvalue weighted by Crippen LogP contribution is -2.27. The number of nitrogens with one attached hydrogen (secondary N) is 1. The number of unbranched alkanes of at least 4 members (excludes halogenated alkanes) is 1. The Morgan fingerprint density at radius 3 is 3.00 bits per heavy atom. The maximum absolute atomic E-state index is 8.39. The summed E-state index contributed by atoms with van der Waals surface area (Å²) in [6.45, 7) is 3.28. The molecule has 2 unspecified atom stereocenters. The van der Waals surface area contributed by atoms with Gasteiger partial charge in [0.25, 0.3) is 0 Å². The minimum Gasteiger partial charge on any atom is -0.409 e. The zero-order valence-corrected chi connectivity index (χ0v) is 11.5. The summed E-state index contributed by atoms with van der Waals surface area (Å²) < 4.78 is 0. The summed E-state index contributed by atoms with van der Waals surface area (Å²) in [4.78, 5) is 0. The van der Waals surface area contributed by atoms with Gasteiger partial charge in [-0.2, -0.15) is 11.8 Å². The van der Waals surface area contributed by atoms with Crippen molar-refractivity contribution in [1.82, 2.24) is 5.32 Å². The molecule has 0 heterocycles. The maximum atomic E-state index is 8.39. The molecule has 0 spiro atoms. The summed E-state index contributed by atoms with van der Waals surface area (Å²) >= 11 is 2.09. The molecule has 0 radical (unpaired) electrons. The summed E-state index contributed by atoms with van der Waals surface area (Å²) in [6, 6.07) is 0.711. The standard InChI is InChI=1S/C12H25N3OS/c1-2-17-11-7-6-10(9-11)14-8-4-3-5-12(13)15-16/h10-11,14,16H,2-9H2,1H3,(H2,13,15).